The second-order valence-electron chi connectivity index (χ2n) is 5.50. The number of phenolic OH excluding ortho intramolecular Hbond substituents is 1. The third-order valence-electron chi connectivity index (χ3n) is 3.89. The maximum atomic E-state index is 13.7. The molecular weight excluding hydrogens is 348 g/mol. The van der Waals surface area contributed by atoms with Gasteiger partial charge in [0.1, 0.15) is 11.6 Å². The smallest absolute Gasteiger partial charge is 0.416 e. The Labute approximate surface area is 148 Å². The van der Waals surface area contributed by atoms with E-state index in [9.17, 15) is 22.7 Å². The lowest BCUT2D eigenvalue weighted by Gasteiger charge is -2.14. The number of aromatic hydroxyl groups is 1. The summed E-state index contributed by atoms with van der Waals surface area (Å²) in [6.07, 6.45) is -4.07. The molecule has 1 heterocycles. The highest BCUT2D eigenvalue weighted by Gasteiger charge is 2.31. The molecule has 0 amide bonds. The minimum absolute atomic E-state index is 0.157. The van der Waals surface area contributed by atoms with Gasteiger partial charge in [-0.1, -0.05) is 13.8 Å². The average Bonchev–Trinajstić information content (AvgIpc) is 2.75. The SMILES string of the molecule is CC.NC1=c2ccc(F)cc2=C(c2ccc(C(F)(F)F)cc2O)NCC1. The summed E-state index contributed by atoms with van der Waals surface area (Å²) in [5.74, 6) is -1.04. The average molecular weight is 368 g/mol. The molecule has 4 N–H and O–H groups in total. The Morgan fingerprint density at radius 2 is 1.73 bits per heavy atom. The molecule has 3 nitrogen and oxygen atoms in total. The van der Waals surface area contributed by atoms with Gasteiger partial charge in [-0.2, -0.15) is 13.2 Å². The summed E-state index contributed by atoms with van der Waals surface area (Å²) in [5, 5.41) is 14.1. The van der Waals surface area contributed by atoms with Crippen molar-refractivity contribution in [3.63, 3.8) is 0 Å². The van der Waals surface area contributed by atoms with Gasteiger partial charge in [-0.25, -0.2) is 4.39 Å². The normalized spacial score (nSPS) is 13.9. The third-order valence-corrected chi connectivity index (χ3v) is 3.89. The van der Waals surface area contributed by atoms with Gasteiger partial charge < -0.3 is 16.2 Å². The number of hydrogen-bond acceptors (Lipinski definition) is 3. The molecule has 0 aromatic heterocycles. The molecule has 1 aliphatic rings. The van der Waals surface area contributed by atoms with E-state index in [2.05, 4.69) is 5.32 Å². The highest BCUT2D eigenvalue weighted by Crippen LogP contribution is 2.33. The lowest BCUT2D eigenvalue weighted by molar-refractivity contribution is -0.137. The summed E-state index contributed by atoms with van der Waals surface area (Å²) < 4.78 is 51.9. The first-order valence-electron chi connectivity index (χ1n) is 8.20. The molecule has 0 atom stereocenters. The largest absolute Gasteiger partial charge is 0.507 e. The van der Waals surface area contributed by atoms with E-state index in [1.807, 2.05) is 13.8 Å². The van der Waals surface area contributed by atoms with E-state index in [1.54, 1.807) is 0 Å². The fourth-order valence-corrected chi connectivity index (χ4v) is 2.72. The van der Waals surface area contributed by atoms with Gasteiger partial charge in [0.15, 0.2) is 0 Å². The van der Waals surface area contributed by atoms with Gasteiger partial charge in [-0.3, -0.25) is 0 Å². The Bertz CT molecular complexity index is 920. The second-order valence-corrected chi connectivity index (χ2v) is 5.50. The molecule has 2 aromatic rings. The van der Waals surface area contributed by atoms with Crippen LogP contribution < -0.4 is 21.5 Å². The Kier molecular flexibility index (Phi) is 5.79. The zero-order valence-corrected chi connectivity index (χ0v) is 14.4. The maximum absolute atomic E-state index is 13.7. The molecule has 0 aliphatic carbocycles. The molecule has 26 heavy (non-hydrogen) atoms. The first-order chi connectivity index (χ1) is 12.3. The van der Waals surface area contributed by atoms with Crippen molar-refractivity contribution in [1.82, 2.24) is 5.32 Å². The molecule has 0 saturated carbocycles. The number of hydrogen-bond donors (Lipinski definition) is 3. The van der Waals surface area contributed by atoms with Crippen molar-refractivity contribution in [2.75, 3.05) is 6.54 Å². The van der Waals surface area contributed by atoms with Crippen LogP contribution >= 0.6 is 0 Å². The van der Waals surface area contributed by atoms with Crippen molar-refractivity contribution in [2.45, 2.75) is 26.4 Å². The predicted octanol–water partition coefficient (Wildman–Crippen LogP) is 2.79. The summed E-state index contributed by atoms with van der Waals surface area (Å²) >= 11 is 0. The van der Waals surface area contributed by atoms with Crippen molar-refractivity contribution in [1.29, 1.82) is 0 Å². The molecule has 0 radical (unpaired) electrons. The van der Waals surface area contributed by atoms with Crippen molar-refractivity contribution < 1.29 is 22.7 Å². The van der Waals surface area contributed by atoms with Crippen LogP contribution in [0, 0.1) is 5.82 Å². The Balaban J connectivity index is 0.00000117. The van der Waals surface area contributed by atoms with Gasteiger partial charge in [-0.05, 0) is 36.4 Å². The van der Waals surface area contributed by atoms with Crippen molar-refractivity contribution >= 4 is 11.4 Å². The van der Waals surface area contributed by atoms with Crippen LogP contribution in [-0.4, -0.2) is 11.7 Å². The lowest BCUT2D eigenvalue weighted by atomic mass is 10.0. The van der Waals surface area contributed by atoms with Crippen molar-refractivity contribution in [3.05, 3.63) is 63.8 Å². The van der Waals surface area contributed by atoms with Crippen LogP contribution in [0.2, 0.25) is 0 Å². The number of phenols is 1. The number of nitrogens with one attached hydrogen (secondary N) is 1. The molecule has 1 aliphatic heterocycles. The standard InChI is InChI=1S/C17H14F4N2O.C2H6/c18-10-2-4-11-13(8-10)16(23-6-5-14(11)22)12-3-1-9(7-15(12)24)17(19,20)21;1-2/h1-4,7-8,23-24H,5-6,22H2;1-2H3. The molecule has 0 saturated heterocycles. The fourth-order valence-electron chi connectivity index (χ4n) is 2.72. The fraction of sp³-hybridized carbons (Fsp3) is 0.263. The lowest BCUT2D eigenvalue weighted by Crippen LogP contribution is -2.33. The summed E-state index contributed by atoms with van der Waals surface area (Å²) in [6.45, 7) is 4.41. The number of alkyl halides is 3. The van der Waals surface area contributed by atoms with E-state index in [0.717, 1.165) is 12.1 Å². The summed E-state index contributed by atoms with van der Waals surface area (Å²) in [6, 6.07) is 6.72. The van der Waals surface area contributed by atoms with Gasteiger partial charge in [0.25, 0.3) is 0 Å². The molecule has 0 spiro atoms. The van der Waals surface area contributed by atoms with E-state index in [0.29, 0.717) is 40.9 Å². The molecule has 140 valence electrons. The van der Waals surface area contributed by atoms with Crippen molar-refractivity contribution in [2.24, 2.45) is 5.73 Å². The van der Waals surface area contributed by atoms with Crippen LogP contribution in [0.3, 0.4) is 0 Å². The Hall–Kier alpha value is -2.70. The zero-order valence-electron chi connectivity index (χ0n) is 14.4. The van der Waals surface area contributed by atoms with Crippen molar-refractivity contribution in [3.8, 4) is 5.75 Å². The van der Waals surface area contributed by atoms with Crippen LogP contribution in [0.25, 0.3) is 11.4 Å². The summed E-state index contributed by atoms with van der Waals surface area (Å²) in [4.78, 5) is 0. The molecule has 3 rings (SSSR count). The quantitative estimate of drug-likeness (QED) is 0.679. The first kappa shape index (κ1) is 19.6. The second kappa shape index (κ2) is 7.68. The minimum atomic E-state index is -4.56. The number of halogens is 4. The minimum Gasteiger partial charge on any atom is -0.507 e. The Morgan fingerprint density at radius 3 is 2.35 bits per heavy atom. The number of nitrogens with two attached hydrogens (primary N) is 1. The zero-order chi connectivity index (χ0) is 19.5. The molecule has 0 bridgehead atoms. The highest BCUT2D eigenvalue weighted by molar-refractivity contribution is 5.70. The highest BCUT2D eigenvalue weighted by atomic mass is 19.4. The van der Waals surface area contributed by atoms with E-state index in [4.69, 9.17) is 5.73 Å². The van der Waals surface area contributed by atoms with E-state index < -0.39 is 23.3 Å². The van der Waals surface area contributed by atoms with Crippen LogP contribution in [0.4, 0.5) is 17.6 Å². The predicted molar refractivity (Wildman–Crippen MR) is 92.8 cm³/mol. The summed E-state index contributed by atoms with van der Waals surface area (Å²) in [7, 11) is 0. The van der Waals surface area contributed by atoms with Gasteiger partial charge in [0, 0.05) is 34.7 Å². The van der Waals surface area contributed by atoms with Crippen LogP contribution in [0.1, 0.15) is 31.4 Å². The van der Waals surface area contributed by atoms with Gasteiger partial charge >= 0.3 is 6.18 Å². The van der Waals surface area contributed by atoms with Gasteiger partial charge in [0.05, 0.1) is 11.3 Å². The van der Waals surface area contributed by atoms with E-state index in [1.165, 1.54) is 18.2 Å². The monoisotopic (exact) mass is 368 g/mol. The van der Waals surface area contributed by atoms with E-state index in [-0.39, 0.29) is 5.56 Å². The number of fused-ring (bicyclic) bond motifs is 1. The molecule has 0 fully saturated rings. The molecule has 2 aromatic carbocycles. The maximum Gasteiger partial charge on any atom is 0.416 e. The van der Waals surface area contributed by atoms with Crippen LogP contribution in [-0.2, 0) is 6.18 Å². The van der Waals surface area contributed by atoms with Crippen LogP contribution in [0.5, 0.6) is 5.75 Å². The molecule has 7 heteroatoms. The Morgan fingerprint density at radius 1 is 1.04 bits per heavy atom. The van der Waals surface area contributed by atoms with Gasteiger partial charge in [0.2, 0.25) is 0 Å². The molecular formula is C19H20F4N2O. The topological polar surface area (TPSA) is 58.3 Å². The third kappa shape index (κ3) is 3.92. The van der Waals surface area contributed by atoms with Gasteiger partial charge in [-0.15, -0.1) is 0 Å². The summed E-state index contributed by atoms with van der Waals surface area (Å²) in [5.41, 5.74) is 6.07. The first-order valence-corrected chi connectivity index (χ1v) is 8.20. The number of benzene rings is 2. The van der Waals surface area contributed by atoms with E-state index >= 15 is 0 Å². The number of rotatable bonds is 1. The molecule has 0 unspecified atom stereocenters. The van der Waals surface area contributed by atoms with Crippen LogP contribution in [0.15, 0.2) is 36.4 Å².